The van der Waals surface area contributed by atoms with E-state index in [4.69, 9.17) is 16.3 Å². The summed E-state index contributed by atoms with van der Waals surface area (Å²) in [6.45, 7) is 4.35. The van der Waals surface area contributed by atoms with Crippen molar-refractivity contribution >= 4 is 17.5 Å². The number of likely N-dealkylation sites (tertiary alicyclic amines) is 1. The molecule has 3 rings (SSSR count). The third-order valence-electron chi connectivity index (χ3n) is 4.76. The second-order valence-corrected chi connectivity index (χ2v) is 6.76. The summed E-state index contributed by atoms with van der Waals surface area (Å²) in [6.07, 6.45) is 2.81. The molecule has 0 aromatic heterocycles. The summed E-state index contributed by atoms with van der Waals surface area (Å²) >= 11 is 6.18. The lowest BCUT2D eigenvalue weighted by Gasteiger charge is -2.36. The summed E-state index contributed by atoms with van der Waals surface area (Å²) in [6, 6.07) is 7.91. The van der Waals surface area contributed by atoms with Gasteiger partial charge in [-0.05, 0) is 38.2 Å². The fourth-order valence-electron chi connectivity index (χ4n) is 3.40. The number of fused-ring (bicyclic) bond motifs is 1. The summed E-state index contributed by atoms with van der Waals surface area (Å²) in [5.74, 6) is 1.62. The second-order valence-electron chi connectivity index (χ2n) is 6.07. The lowest BCUT2D eigenvalue weighted by molar-refractivity contribution is -0.134. The molecule has 1 amide bonds. The molecule has 0 radical (unpaired) electrons. The summed E-state index contributed by atoms with van der Waals surface area (Å²) in [5, 5.41) is 0.200. The Bertz CT molecular complexity index is 509. The van der Waals surface area contributed by atoms with Crippen molar-refractivity contribution in [2.24, 2.45) is 5.92 Å². The molecule has 2 heterocycles. The summed E-state index contributed by atoms with van der Waals surface area (Å²) < 4.78 is 5.65. The van der Waals surface area contributed by atoms with Crippen LogP contribution in [0.3, 0.4) is 0 Å². The average Bonchev–Trinajstić information content (AvgIpc) is 2.53. The lowest BCUT2D eigenvalue weighted by Crippen LogP contribution is -2.43. The molecule has 21 heavy (non-hydrogen) atoms. The van der Waals surface area contributed by atoms with Crippen molar-refractivity contribution in [2.45, 2.75) is 37.5 Å². The summed E-state index contributed by atoms with van der Waals surface area (Å²) in [4.78, 5) is 14.8. The minimum Gasteiger partial charge on any atom is -0.493 e. The third kappa shape index (κ3) is 3.03. The number of piperidine rings is 1. The average molecular weight is 308 g/mol. The van der Waals surface area contributed by atoms with Crippen molar-refractivity contribution in [1.82, 2.24) is 4.90 Å². The predicted molar refractivity (Wildman–Crippen MR) is 83.9 cm³/mol. The van der Waals surface area contributed by atoms with E-state index in [1.165, 1.54) is 0 Å². The molecule has 0 spiro atoms. The molecule has 114 valence electrons. The standard InChI is InChI=1S/C17H22ClNO2/c1-12(18)13-6-9-19(10-7-13)17(20)15-8-11-21-16-5-3-2-4-14(15)16/h2-5,12-13,15H,6-11H2,1H3. The van der Waals surface area contributed by atoms with E-state index in [1.807, 2.05) is 29.2 Å². The first-order valence-corrected chi connectivity index (χ1v) is 8.25. The number of ether oxygens (including phenoxy) is 1. The number of carbonyl (C=O) groups is 1. The Hall–Kier alpha value is -1.22. The van der Waals surface area contributed by atoms with E-state index < -0.39 is 0 Å². The Labute approximate surface area is 131 Å². The van der Waals surface area contributed by atoms with Gasteiger partial charge in [-0.15, -0.1) is 11.6 Å². The highest BCUT2D eigenvalue weighted by Gasteiger charge is 2.33. The zero-order chi connectivity index (χ0) is 14.8. The van der Waals surface area contributed by atoms with Gasteiger partial charge in [0.05, 0.1) is 12.5 Å². The molecule has 4 heteroatoms. The molecule has 0 saturated carbocycles. The Morgan fingerprint density at radius 2 is 2.00 bits per heavy atom. The first kappa shape index (κ1) is 14.7. The molecule has 1 fully saturated rings. The van der Waals surface area contributed by atoms with Gasteiger partial charge in [-0.2, -0.15) is 0 Å². The number of para-hydroxylation sites is 1. The highest BCUT2D eigenvalue weighted by Crippen LogP contribution is 2.35. The summed E-state index contributed by atoms with van der Waals surface area (Å²) in [5.41, 5.74) is 1.04. The number of rotatable bonds is 2. The minimum absolute atomic E-state index is 0.0417. The van der Waals surface area contributed by atoms with Crippen LogP contribution in [0.1, 0.15) is 37.7 Å². The van der Waals surface area contributed by atoms with Crippen molar-refractivity contribution in [3.8, 4) is 5.75 Å². The van der Waals surface area contributed by atoms with Gasteiger partial charge in [0.15, 0.2) is 0 Å². The van der Waals surface area contributed by atoms with Gasteiger partial charge in [-0.3, -0.25) is 4.79 Å². The van der Waals surface area contributed by atoms with E-state index >= 15 is 0 Å². The molecular formula is C17H22ClNO2. The number of halogens is 1. The smallest absolute Gasteiger partial charge is 0.230 e. The fourth-order valence-corrected chi connectivity index (χ4v) is 3.65. The monoisotopic (exact) mass is 307 g/mol. The van der Waals surface area contributed by atoms with Crippen molar-refractivity contribution in [1.29, 1.82) is 0 Å². The molecule has 2 unspecified atom stereocenters. The van der Waals surface area contributed by atoms with Crippen LogP contribution in [0.15, 0.2) is 24.3 Å². The second kappa shape index (κ2) is 6.27. The SMILES string of the molecule is CC(Cl)C1CCN(C(=O)C2CCOc3ccccc32)CC1. The summed E-state index contributed by atoms with van der Waals surface area (Å²) in [7, 11) is 0. The quantitative estimate of drug-likeness (QED) is 0.784. The predicted octanol–water partition coefficient (Wildman–Crippen LogP) is 3.42. The first-order valence-electron chi connectivity index (χ1n) is 7.81. The molecule has 0 aliphatic carbocycles. The van der Waals surface area contributed by atoms with Crippen LogP contribution in [0.4, 0.5) is 0 Å². The third-order valence-corrected chi connectivity index (χ3v) is 5.11. The van der Waals surface area contributed by atoms with Gasteiger partial charge in [-0.25, -0.2) is 0 Å². The molecule has 1 aromatic rings. The fraction of sp³-hybridized carbons (Fsp3) is 0.588. The van der Waals surface area contributed by atoms with E-state index in [1.54, 1.807) is 0 Å². The van der Waals surface area contributed by atoms with Crippen molar-refractivity contribution in [3.63, 3.8) is 0 Å². The van der Waals surface area contributed by atoms with E-state index in [-0.39, 0.29) is 17.2 Å². The molecule has 0 N–H and O–H groups in total. The van der Waals surface area contributed by atoms with Crippen LogP contribution in [0.25, 0.3) is 0 Å². The van der Waals surface area contributed by atoms with Crippen LogP contribution < -0.4 is 4.74 Å². The Kier molecular flexibility index (Phi) is 4.39. The minimum atomic E-state index is -0.0417. The molecule has 2 aliphatic rings. The number of amides is 1. The molecule has 2 aliphatic heterocycles. The highest BCUT2D eigenvalue weighted by molar-refractivity contribution is 6.20. The zero-order valence-corrected chi connectivity index (χ0v) is 13.2. The van der Waals surface area contributed by atoms with Gasteiger partial charge < -0.3 is 9.64 Å². The normalized spacial score (nSPS) is 24.1. The number of benzene rings is 1. The van der Waals surface area contributed by atoms with Crippen molar-refractivity contribution < 1.29 is 9.53 Å². The number of alkyl halides is 1. The van der Waals surface area contributed by atoms with Crippen LogP contribution >= 0.6 is 11.6 Å². The first-order chi connectivity index (χ1) is 10.2. The lowest BCUT2D eigenvalue weighted by atomic mass is 9.89. The van der Waals surface area contributed by atoms with Crippen LogP contribution in [0.5, 0.6) is 5.75 Å². The van der Waals surface area contributed by atoms with E-state index in [9.17, 15) is 4.79 Å². The van der Waals surface area contributed by atoms with Crippen LogP contribution in [-0.2, 0) is 4.79 Å². The number of hydrogen-bond acceptors (Lipinski definition) is 2. The molecule has 0 bridgehead atoms. The van der Waals surface area contributed by atoms with Gasteiger partial charge in [0, 0.05) is 24.0 Å². The number of carbonyl (C=O) groups excluding carboxylic acids is 1. The maximum absolute atomic E-state index is 12.8. The Morgan fingerprint density at radius 3 is 2.71 bits per heavy atom. The molecule has 1 saturated heterocycles. The maximum Gasteiger partial charge on any atom is 0.230 e. The van der Waals surface area contributed by atoms with Gasteiger partial charge in [0.25, 0.3) is 0 Å². The topological polar surface area (TPSA) is 29.5 Å². The molecule has 3 nitrogen and oxygen atoms in total. The molecular weight excluding hydrogens is 286 g/mol. The Balaban J connectivity index is 1.70. The highest BCUT2D eigenvalue weighted by atomic mass is 35.5. The van der Waals surface area contributed by atoms with E-state index in [0.29, 0.717) is 12.5 Å². The van der Waals surface area contributed by atoms with Gasteiger partial charge >= 0.3 is 0 Å². The van der Waals surface area contributed by atoms with Crippen LogP contribution in [0.2, 0.25) is 0 Å². The van der Waals surface area contributed by atoms with Crippen LogP contribution in [0, 0.1) is 5.92 Å². The largest absolute Gasteiger partial charge is 0.493 e. The van der Waals surface area contributed by atoms with Crippen molar-refractivity contribution in [2.75, 3.05) is 19.7 Å². The molecule has 1 aromatic carbocycles. The van der Waals surface area contributed by atoms with E-state index in [0.717, 1.165) is 43.7 Å². The molecule has 2 atom stereocenters. The van der Waals surface area contributed by atoms with Gasteiger partial charge in [-0.1, -0.05) is 18.2 Å². The van der Waals surface area contributed by atoms with Gasteiger partial charge in [0.2, 0.25) is 5.91 Å². The van der Waals surface area contributed by atoms with Gasteiger partial charge in [0.1, 0.15) is 5.75 Å². The number of nitrogens with zero attached hydrogens (tertiary/aromatic N) is 1. The maximum atomic E-state index is 12.8. The van der Waals surface area contributed by atoms with Crippen LogP contribution in [-0.4, -0.2) is 35.9 Å². The zero-order valence-electron chi connectivity index (χ0n) is 12.4. The Morgan fingerprint density at radius 1 is 1.29 bits per heavy atom. The van der Waals surface area contributed by atoms with E-state index in [2.05, 4.69) is 6.92 Å². The number of hydrogen-bond donors (Lipinski definition) is 0. The van der Waals surface area contributed by atoms with Crippen molar-refractivity contribution in [3.05, 3.63) is 29.8 Å².